The van der Waals surface area contributed by atoms with Crippen LogP contribution in [0.2, 0.25) is 0 Å². The van der Waals surface area contributed by atoms with Crippen molar-refractivity contribution in [1.29, 1.82) is 5.26 Å². The average Bonchev–Trinajstić information content (AvgIpc) is 2.89. The monoisotopic (exact) mass is 335 g/mol. The zero-order valence-electron chi connectivity index (χ0n) is 13.8. The molecule has 126 valence electrons. The van der Waals surface area contributed by atoms with Crippen LogP contribution in [0, 0.1) is 11.3 Å². The number of anilines is 1. The van der Waals surface area contributed by atoms with Crippen LogP contribution in [-0.4, -0.2) is 58.4 Å². The zero-order chi connectivity index (χ0) is 17.6. The first-order chi connectivity index (χ1) is 12.1. The minimum atomic E-state index is -0.563. The van der Waals surface area contributed by atoms with Gasteiger partial charge in [-0.1, -0.05) is 24.3 Å². The van der Waals surface area contributed by atoms with Gasteiger partial charge in [0.1, 0.15) is 6.04 Å². The predicted octanol–water partition coefficient (Wildman–Crippen LogP) is 1.60. The molecule has 0 N–H and O–H groups in total. The first-order valence-corrected chi connectivity index (χ1v) is 8.18. The SMILES string of the molecule is CC(=O)N1CC(N2C[C@@H](C#N)N(c3cncc4ccccc34)C2=O)C1. The Hall–Kier alpha value is -3.14. The van der Waals surface area contributed by atoms with Crippen molar-refractivity contribution in [2.24, 2.45) is 0 Å². The third-order valence-electron chi connectivity index (χ3n) is 4.94. The molecule has 0 unspecified atom stereocenters. The van der Waals surface area contributed by atoms with Crippen LogP contribution < -0.4 is 4.90 Å². The summed E-state index contributed by atoms with van der Waals surface area (Å²) in [6, 6.07) is 9.12. The summed E-state index contributed by atoms with van der Waals surface area (Å²) in [5.41, 5.74) is 0.653. The molecule has 1 atom stereocenters. The first kappa shape index (κ1) is 15.4. The van der Waals surface area contributed by atoms with Gasteiger partial charge in [0.15, 0.2) is 0 Å². The van der Waals surface area contributed by atoms with Crippen molar-refractivity contribution in [2.45, 2.75) is 19.0 Å². The predicted molar refractivity (Wildman–Crippen MR) is 91.8 cm³/mol. The number of carbonyl (C=O) groups is 2. The highest BCUT2D eigenvalue weighted by Crippen LogP contribution is 2.32. The quantitative estimate of drug-likeness (QED) is 0.835. The summed E-state index contributed by atoms with van der Waals surface area (Å²) in [7, 11) is 0. The number of carbonyl (C=O) groups excluding carboxylic acids is 2. The molecule has 1 aromatic heterocycles. The summed E-state index contributed by atoms with van der Waals surface area (Å²) >= 11 is 0. The molecule has 0 spiro atoms. The molecule has 7 heteroatoms. The summed E-state index contributed by atoms with van der Waals surface area (Å²) in [6.07, 6.45) is 3.38. The van der Waals surface area contributed by atoms with E-state index in [1.807, 2.05) is 24.3 Å². The Labute approximate surface area is 145 Å². The molecule has 0 saturated carbocycles. The maximum atomic E-state index is 13.0. The van der Waals surface area contributed by atoms with E-state index in [1.54, 1.807) is 22.2 Å². The fourth-order valence-corrected chi connectivity index (χ4v) is 3.49. The van der Waals surface area contributed by atoms with Gasteiger partial charge in [-0.15, -0.1) is 0 Å². The second-order valence-electron chi connectivity index (χ2n) is 6.41. The summed E-state index contributed by atoms with van der Waals surface area (Å²) in [5, 5.41) is 11.4. The number of fused-ring (bicyclic) bond motifs is 1. The van der Waals surface area contributed by atoms with E-state index in [4.69, 9.17) is 0 Å². The Morgan fingerprint density at radius 1 is 1.24 bits per heavy atom. The molecular weight excluding hydrogens is 318 g/mol. The molecular formula is C18H17N5O2. The van der Waals surface area contributed by atoms with E-state index < -0.39 is 6.04 Å². The molecule has 25 heavy (non-hydrogen) atoms. The molecule has 1 aromatic carbocycles. The molecule has 2 aliphatic heterocycles. The number of rotatable bonds is 2. The highest BCUT2D eigenvalue weighted by atomic mass is 16.2. The summed E-state index contributed by atoms with van der Waals surface area (Å²) in [4.78, 5) is 33.5. The number of pyridine rings is 1. The van der Waals surface area contributed by atoms with Crippen molar-refractivity contribution in [1.82, 2.24) is 14.8 Å². The van der Waals surface area contributed by atoms with E-state index in [2.05, 4.69) is 11.1 Å². The normalized spacial score (nSPS) is 20.7. The van der Waals surface area contributed by atoms with Crippen molar-refractivity contribution in [2.75, 3.05) is 24.5 Å². The van der Waals surface area contributed by atoms with Crippen LogP contribution in [-0.2, 0) is 4.79 Å². The van der Waals surface area contributed by atoms with Crippen LogP contribution in [0.1, 0.15) is 6.92 Å². The van der Waals surface area contributed by atoms with Crippen LogP contribution in [0.5, 0.6) is 0 Å². The van der Waals surface area contributed by atoms with E-state index in [-0.39, 0.29) is 18.0 Å². The van der Waals surface area contributed by atoms with Gasteiger partial charge in [0.05, 0.1) is 30.5 Å². The average molecular weight is 335 g/mol. The lowest BCUT2D eigenvalue weighted by molar-refractivity contribution is -0.135. The minimum absolute atomic E-state index is 0.00911. The Morgan fingerprint density at radius 3 is 2.72 bits per heavy atom. The van der Waals surface area contributed by atoms with Gasteiger partial charge in [0.25, 0.3) is 0 Å². The Kier molecular flexibility index (Phi) is 3.53. The van der Waals surface area contributed by atoms with E-state index in [0.29, 0.717) is 25.3 Å². The molecule has 2 saturated heterocycles. The van der Waals surface area contributed by atoms with Gasteiger partial charge < -0.3 is 9.80 Å². The summed E-state index contributed by atoms with van der Waals surface area (Å²) in [5.74, 6) is 0.00911. The molecule has 2 aromatic rings. The largest absolute Gasteiger partial charge is 0.339 e. The molecule has 3 amide bonds. The van der Waals surface area contributed by atoms with E-state index in [1.165, 1.54) is 11.8 Å². The number of benzene rings is 1. The lowest BCUT2D eigenvalue weighted by Crippen LogP contribution is -2.61. The molecule has 2 aliphatic rings. The van der Waals surface area contributed by atoms with Gasteiger partial charge in [-0.3, -0.25) is 14.7 Å². The number of amides is 3. The molecule has 2 fully saturated rings. The molecule has 0 bridgehead atoms. The van der Waals surface area contributed by atoms with Gasteiger partial charge in [0.2, 0.25) is 5.91 Å². The van der Waals surface area contributed by atoms with Gasteiger partial charge in [-0.25, -0.2) is 4.79 Å². The van der Waals surface area contributed by atoms with Crippen LogP contribution >= 0.6 is 0 Å². The number of nitrogens with zero attached hydrogens (tertiary/aromatic N) is 5. The van der Waals surface area contributed by atoms with Gasteiger partial charge in [0, 0.05) is 37.0 Å². The van der Waals surface area contributed by atoms with Crippen molar-refractivity contribution < 1.29 is 9.59 Å². The number of likely N-dealkylation sites (tertiary alicyclic amines) is 1. The van der Waals surface area contributed by atoms with Crippen molar-refractivity contribution in [3.63, 3.8) is 0 Å². The minimum Gasteiger partial charge on any atom is -0.339 e. The first-order valence-electron chi connectivity index (χ1n) is 8.18. The number of aromatic nitrogens is 1. The molecule has 7 nitrogen and oxygen atoms in total. The van der Waals surface area contributed by atoms with Crippen LogP contribution in [0.3, 0.4) is 0 Å². The van der Waals surface area contributed by atoms with Crippen LogP contribution in [0.15, 0.2) is 36.7 Å². The second kappa shape index (κ2) is 5.74. The number of hydrogen-bond acceptors (Lipinski definition) is 4. The molecule has 0 aliphatic carbocycles. The van der Waals surface area contributed by atoms with E-state index in [9.17, 15) is 14.9 Å². The maximum Gasteiger partial charge on any atom is 0.326 e. The third kappa shape index (κ3) is 2.38. The second-order valence-corrected chi connectivity index (χ2v) is 6.41. The smallest absolute Gasteiger partial charge is 0.326 e. The zero-order valence-corrected chi connectivity index (χ0v) is 13.8. The summed E-state index contributed by atoms with van der Waals surface area (Å²) < 4.78 is 0. The van der Waals surface area contributed by atoms with Gasteiger partial charge >= 0.3 is 6.03 Å². The van der Waals surface area contributed by atoms with Crippen molar-refractivity contribution in [3.8, 4) is 6.07 Å². The highest BCUT2D eigenvalue weighted by Gasteiger charge is 2.46. The fourth-order valence-electron chi connectivity index (χ4n) is 3.49. The van der Waals surface area contributed by atoms with Crippen molar-refractivity contribution >= 4 is 28.4 Å². The number of urea groups is 1. The molecule has 4 rings (SSSR count). The molecule has 0 radical (unpaired) electrons. The lowest BCUT2D eigenvalue weighted by Gasteiger charge is -2.43. The van der Waals surface area contributed by atoms with E-state index >= 15 is 0 Å². The third-order valence-corrected chi connectivity index (χ3v) is 4.94. The van der Waals surface area contributed by atoms with Gasteiger partial charge in [-0.05, 0) is 0 Å². The van der Waals surface area contributed by atoms with E-state index in [0.717, 1.165) is 10.8 Å². The Bertz CT molecular complexity index is 894. The topological polar surface area (TPSA) is 80.5 Å². The van der Waals surface area contributed by atoms with Crippen LogP contribution in [0.25, 0.3) is 10.8 Å². The number of hydrogen-bond donors (Lipinski definition) is 0. The molecule has 3 heterocycles. The van der Waals surface area contributed by atoms with Crippen LogP contribution in [0.4, 0.5) is 10.5 Å². The summed E-state index contributed by atoms with van der Waals surface area (Å²) in [6.45, 7) is 2.92. The number of nitriles is 1. The Morgan fingerprint density at radius 2 is 2.00 bits per heavy atom. The highest BCUT2D eigenvalue weighted by molar-refractivity contribution is 6.04. The fraction of sp³-hybridized carbons (Fsp3) is 0.333. The van der Waals surface area contributed by atoms with Crippen molar-refractivity contribution in [3.05, 3.63) is 36.7 Å². The maximum absolute atomic E-state index is 13.0. The Balaban J connectivity index is 1.66. The standard InChI is InChI=1S/C18H17N5O2/c1-12(24)21-9-15(10-21)22-11-14(6-19)23(18(22)25)17-8-20-7-13-4-2-3-5-16(13)17/h2-5,7-8,14-15H,9-11H2,1H3/t14-/m1/s1. The lowest BCUT2D eigenvalue weighted by atomic mass is 10.1. The van der Waals surface area contributed by atoms with Gasteiger partial charge in [-0.2, -0.15) is 5.26 Å².